The number of amides is 1. The van der Waals surface area contributed by atoms with E-state index in [1.54, 1.807) is 18.2 Å². The molecule has 2 rings (SSSR count). The van der Waals surface area contributed by atoms with Crippen molar-refractivity contribution in [2.75, 3.05) is 38.6 Å². The maximum atomic E-state index is 13.6. The molecule has 0 atom stereocenters. The van der Waals surface area contributed by atoms with E-state index in [0.29, 0.717) is 18.0 Å². The van der Waals surface area contributed by atoms with Crippen LogP contribution in [0.15, 0.2) is 24.3 Å². The summed E-state index contributed by atoms with van der Waals surface area (Å²) < 4.78 is 13.6. The summed E-state index contributed by atoms with van der Waals surface area (Å²) in [5, 5.41) is 0. The molecule has 3 nitrogen and oxygen atoms in total. The maximum absolute atomic E-state index is 13.6. The van der Waals surface area contributed by atoms with Gasteiger partial charge in [-0.15, -0.1) is 11.6 Å². The van der Waals surface area contributed by atoms with Gasteiger partial charge in [0.2, 0.25) is 5.91 Å². The molecule has 0 saturated carbocycles. The average molecular weight is 299 g/mol. The highest BCUT2D eigenvalue weighted by Gasteiger charge is 2.19. The predicted octanol–water partition coefficient (Wildman–Crippen LogP) is 2.14. The van der Waals surface area contributed by atoms with E-state index in [4.69, 9.17) is 11.6 Å². The van der Waals surface area contributed by atoms with Crippen molar-refractivity contribution >= 4 is 17.5 Å². The molecule has 1 aliphatic heterocycles. The molecule has 1 aromatic rings. The molecule has 1 fully saturated rings. The molecule has 110 valence electrons. The van der Waals surface area contributed by atoms with Gasteiger partial charge in [0.05, 0.1) is 6.42 Å². The minimum atomic E-state index is -0.306. The Labute approximate surface area is 124 Å². The van der Waals surface area contributed by atoms with Crippen LogP contribution in [0.2, 0.25) is 0 Å². The Balaban J connectivity index is 1.91. The van der Waals surface area contributed by atoms with Crippen LogP contribution in [0, 0.1) is 5.82 Å². The highest BCUT2D eigenvalue weighted by atomic mass is 35.5. The Morgan fingerprint density at radius 2 is 2.00 bits per heavy atom. The molecule has 1 amide bonds. The fraction of sp³-hybridized carbons (Fsp3) is 0.533. The number of hydrogen-bond donors (Lipinski definition) is 0. The number of benzene rings is 1. The zero-order valence-electron chi connectivity index (χ0n) is 11.5. The van der Waals surface area contributed by atoms with Crippen molar-refractivity contribution in [2.45, 2.75) is 12.8 Å². The third-order valence-electron chi connectivity index (χ3n) is 3.64. The first kappa shape index (κ1) is 15.3. The highest BCUT2D eigenvalue weighted by Crippen LogP contribution is 2.10. The Morgan fingerprint density at radius 1 is 1.20 bits per heavy atom. The van der Waals surface area contributed by atoms with Crippen molar-refractivity contribution in [3.63, 3.8) is 0 Å². The summed E-state index contributed by atoms with van der Waals surface area (Å²) in [6.07, 6.45) is 1.09. The van der Waals surface area contributed by atoms with Gasteiger partial charge in [0.1, 0.15) is 5.82 Å². The van der Waals surface area contributed by atoms with E-state index in [2.05, 4.69) is 4.90 Å². The number of rotatable bonds is 4. The van der Waals surface area contributed by atoms with Crippen molar-refractivity contribution in [3.05, 3.63) is 35.6 Å². The molecule has 1 aliphatic rings. The van der Waals surface area contributed by atoms with E-state index >= 15 is 0 Å². The monoisotopic (exact) mass is 298 g/mol. The third-order valence-corrected chi connectivity index (χ3v) is 3.81. The zero-order chi connectivity index (χ0) is 14.4. The summed E-state index contributed by atoms with van der Waals surface area (Å²) in [7, 11) is 0. The Bertz CT molecular complexity index is 455. The summed E-state index contributed by atoms with van der Waals surface area (Å²) >= 11 is 5.75. The van der Waals surface area contributed by atoms with Crippen LogP contribution in [0.5, 0.6) is 0 Å². The second kappa shape index (κ2) is 7.60. The van der Waals surface area contributed by atoms with E-state index in [1.807, 2.05) is 4.90 Å². The van der Waals surface area contributed by atoms with Gasteiger partial charge in [-0.3, -0.25) is 4.79 Å². The van der Waals surface area contributed by atoms with Crippen molar-refractivity contribution in [3.8, 4) is 0 Å². The smallest absolute Gasteiger partial charge is 0.227 e. The number of carbonyl (C=O) groups excluding carboxylic acids is 1. The molecule has 0 unspecified atom stereocenters. The topological polar surface area (TPSA) is 23.6 Å². The second-order valence-corrected chi connectivity index (χ2v) is 5.41. The SMILES string of the molecule is O=C(Cc1ccccc1F)N1CCCN(CCCl)CC1. The predicted molar refractivity (Wildman–Crippen MR) is 78.5 cm³/mol. The standard InChI is InChI=1S/C15H20ClFN2O/c16-6-9-18-7-3-8-19(11-10-18)15(20)12-13-4-1-2-5-14(13)17/h1-2,4-5H,3,6-12H2. The van der Waals surface area contributed by atoms with Crippen LogP contribution in [0.4, 0.5) is 4.39 Å². The fourth-order valence-corrected chi connectivity index (χ4v) is 2.72. The van der Waals surface area contributed by atoms with Crippen LogP contribution in [0.3, 0.4) is 0 Å². The lowest BCUT2D eigenvalue weighted by atomic mass is 10.1. The molecule has 5 heteroatoms. The van der Waals surface area contributed by atoms with E-state index in [1.165, 1.54) is 6.07 Å². The molecule has 0 spiro atoms. The van der Waals surface area contributed by atoms with Crippen LogP contribution >= 0.6 is 11.6 Å². The van der Waals surface area contributed by atoms with Crippen LogP contribution in [-0.4, -0.2) is 54.3 Å². The number of halogens is 2. The molecule has 20 heavy (non-hydrogen) atoms. The van der Waals surface area contributed by atoms with Gasteiger partial charge in [-0.2, -0.15) is 0 Å². The summed E-state index contributed by atoms with van der Waals surface area (Å²) in [6.45, 7) is 4.11. The zero-order valence-corrected chi connectivity index (χ0v) is 12.3. The Kier molecular flexibility index (Phi) is 5.80. The van der Waals surface area contributed by atoms with Crippen molar-refractivity contribution in [1.82, 2.24) is 9.80 Å². The quantitative estimate of drug-likeness (QED) is 0.795. The van der Waals surface area contributed by atoms with Gasteiger partial charge >= 0.3 is 0 Å². The number of carbonyl (C=O) groups is 1. The first-order chi connectivity index (χ1) is 9.70. The minimum Gasteiger partial charge on any atom is -0.341 e. The molecule has 0 N–H and O–H groups in total. The van der Waals surface area contributed by atoms with Gasteiger partial charge in [-0.25, -0.2) is 4.39 Å². The lowest BCUT2D eigenvalue weighted by Gasteiger charge is -2.21. The lowest BCUT2D eigenvalue weighted by molar-refractivity contribution is -0.130. The minimum absolute atomic E-state index is 0.00261. The molecule has 0 aliphatic carbocycles. The van der Waals surface area contributed by atoms with Gasteiger partial charge < -0.3 is 9.80 Å². The first-order valence-corrected chi connectivity index (χ1v) is 7.53. The maximum Gasteiger partial charge on any atom is 0.227 e. The molecule has 1 aromatic carbocycles. The van der Waals surface area contributed by atoms with Gasteiger partial charge in [-0.05, 0) is 24.6 Å². The molecule has 0 radical (unpaired) electrons. The molecular weight excluding hydrogens is 279 g/mol. The van der Waals surface area contributed by atoms with Crippen LogP contribution in [0.25, 0.3) is 0 Å². The van der Waals surface area contributed by atoms with E-state index in [9.17, 15) is 9.18 Å². The van der Waals surface area contributed by atoms with Crippen LogP contribution in [0.1, 0.15) is 12.0 Å². The Morgan fingerprint density at radius 3 is 2.75 bits per heavy atom. The van der Waals surface area contributed by atoms with Crippen molar-refractivity contribution in [2.24, 2.45) is 0 Å². The van der Waals surface area contributed by atoms with E-state index < -0.39 is 0 Å². The summed E-state index contributed by atoms with van der Waals surface area (Å²) in [5.41, 5.74) is 0.472. The van der Waals surface area contributed by atoms with E-state index in [-0.39, 0.29) is 18.1 Å². The molecule has 0 bridgehead atoms. The summed E-state index contributed by atoms with van der Waals surface area (Å²) in [4.78, 5) is 16.4. The van der Waals surface area contributed by atoms with Crippen LogP contribution in [-0.2, 0) is 11.2 Å². The van der Waals surface area contributed by atoms with E-state index in [0.717, 1.165) is 32.6 Å². The number of alkyl halides is 1. The van der Waals surface area contributed by atoms with Gasteiger partial charge in [-0.1, -0.05) is 18.2 Å². The molecule has 1 saturated heterocycles. The molecular formula is C15H20ClFN2O. The highest BCUT2D eigenvalue weighted by molar-refractivity contribution is 6.18. The largest absolute Gasteiger partial charge is 0.341 e. The average Bonchev–Trinajstić information content (AvgIpc) is 2.67. The number of nitrogens with zero attached hydrogens (tertiary/aromatic N) is 2. The van der Waals surface area contributed by atoms with Gasteiger partial charge in [0.15, 0.2) is 0 Å². The van der Waals surface area contributed by atoms with Crippen molar-refractivity contribution in [1.29, 1.82) is 0 Å². The Hall–Kier alpha value is -1.13. The van der Waals surface area contributed by atoms with Gasteiger partial charge in [0.25, 0.3) is 0 Å². The lowest BCUT2D eigenvalue weighted by Crippen LogP contribution is -2.36. The van der Waals surface area contributed by atoms with Crippen LogP contribution < -0.4 is 0 Å². The summed E-state index contributed by atoms with van der Waals surface area (Å²) in [6, 6.07) is 6.47. The molecule has 0 aromatic heterocycles. The first-order valence-electron chi connectivity index (χ1n) is 7.00. The molecule has 1 heterocycles. The fourth-order valence-electron chi connectivity index (χ4n) is 2.48. The van der Waals surface area contributed by atoms with Crippen molar-refractivity contribution < 1.29 is 9.18 Å². The summed E-state index contributed by atoms with van der Waals surface area (Å²) in [5.74, 6) is 0.311. The normalized spacial score (nSPS) is 17.0. The van der Waals surface area contributed by atoms with Gasteiger partial charge in [0, 0.05) is 32.1 Å². The second-order valence-electron chi connectivity index (χ2n) is 5.03. The number of hydrogen-bond acceptors (Lipinski definition) is 2. The third kappa shape index (κ3) is 4.18.